The van der Waals surface area contributed by atoms with Crippen LogP contribution in [-0.2, 0) is 4.79 Å². The smallest absolute Gasteiger partial charge is 0.233 e. The molecule has 2 aliphatic rings. The average molecular weight is 289 g/mol. The molecule has 1 aromatic rings. The standard InChI is InChI=1S/C16H23N3O2/c20-16(13-6-2-1-3-7-13)19-11-5-8-14(12-19)21-15-9-4-10-17-18-15/h4,9-10,13-14H,1-3,5-8,11-12H2. The molecule has 3 rings (SSSR count). The quantitative estimate of drug-likeness (QED) is 0.857. The number of nitrogens with zero attached hydrogens (tertiary/aromatic N) is 3. The van der Waals surface area contributed by atoms with Crippen LogP contribution < -0.4 is 4.74 Å². The molecule has 5 nitrogen and oxygen atoms in total. The van der Waals surface area contributed by atoms with Crippen molar-refractivity contribution in [3.05, 3.63) is 18.3 Å². The number of carbonyl (C=O) groups excluding carboxylic acids is 1. The van der Waals surface area contributed by atoms with E-state index in [1.54, 1.807) is 6.20 Å². The molecule has 0 radical (unpaired) electrons. The van der Waals surface area contributed by atoms with Crippen LogP contribution in [0.15, 0.2) is 18.3 Å². The molecule has 1 aliphatic carbocycles. The third-order valence-electron chi connectivity index (χ3n) is 4.48. The molecule has 0 spiro atoms. The minimum Gasteiger partial charge on any atom is -0.471 e. The van der Waals surface area contributed by atoms with E-state index in [1.165, 1.54) is 19.3 Å². The maximum absolute atomic E-state index is 12.6. The number of aromatic nitrogens is 2. The van der Waals surface area contributed by atoms with E-state index in [9.17, 15) is 4.79 Å². The molecule has 21 heavy (non-hydrogen) atoms. The Balaban J connectivity index is 1.56. The van der Waals surface area contributed by atoms with Crippen LogP contribution in [0, 0.1) is 5.92 Å². The van der Waals surface area contributed by atoms with Gasteiger partial charge in [-0.25, -0.2) is 0 Å². The van der Waals surface area contributed by atoms with Crippen molar-refractivity contribution in [1.82, 2.24) is 15.1 Å². The normalized spacial score (nSPS) is 23.8. The first kappa shape index (κ1) is 14.3. The predicted octanol–water partition coefficient (Wildman–Crippen LogP) is 2.43. The molecular formula is C16H23N3O2. The van der Waals surface area contributed by atoms with Crippen molar-refractivity contribution in [1.29, 1.82) is 0 Å². The lowest BCUT2D eigenvalue weighted by atomic mass is 9.88. The average Bonchev–Trinajstić information content (AvgIpc) is 2.56. The summed E-state index contributed by atoms with van der Waals surface area (Å²) in [5.74, 6) is 1.13. The molecule has 2 heterocycles. The van der Waals surface area contributed by atoms with Gasteiger partial charge in [0.15, 0.2) is 0 Å². The monoisotopic (exact) mass is 289 g/mol. The predicted molar refractivity (Wildman–Crippen MR) is 78.8 cm³/mol. The first-order chi connectivity index (χ1) is 10.3. The molecular weight excluding hydrogens is 266 g/mol. The fourth-order valence-electron chi connectivity index (χ4n) is 3.36. The number of ether oxygens (including phenoxy) is 1. The van der Waals surface area contributed by atoms with Crippen LogP contribution >= 0.6 is 0 Å². The Kier molecular flexibility index (Phi) is 4.68. The summed E-state index contributed by atoms with van der Waals surface area (Å²) < 4.78 is 5.86. The number of hydrogen-bond acceptors (Lipinski definition) is 4. The van der Waals surface area contributed by atoms with Crippen molar-refractivity contribution in [2.45, 2.75) is 51.0 Å². The van der Waals surface area contributed by atoms with E-state index in [0.717, 1.165) is 32.2 Å². The second-order valence-corrected chi connectivity index (χ2v) is 6.06. The summed E-state index contributed by atoms with van der Waals surface area (Å²) in [5.41, 5.74) is 0. The number of likely N-dealkylation sites (tertiary alicyclic amines) is 1. The molecule has 1 saturated carbocycles. The summed E-state index contributed by atoms with van der Waals surface area (Å²) in [7, 11) is 0. The minimum absolute atomic E-state index is 0.0444. The van der Waals surface area contributed by atoms with E-state index < -0.39 is 0 Å². The van der Waals surface area contributed by atoms with Crippen LogP contribution in [0.5, 0.6) is 5.88 Å². The molecule has 1 unspecified atom stereocenters. The Hall–Kier alpha value is -1.65. The molecule has 1 atom stereocenters. The summed E-state index contributed by atoms with van der Waals surface area (Å²) in [4.78, 5) is 14.6. The van der Waals surface area contributed by atoms with Crippen LogP contribution in [0.2, 0.25) is 0 Å². The number of piperidine rings is 1. The number of hydrogen-bond donors (Lipinski definition) is 0. The summed E-state index contributed by atoms with van der Waals surface area (Å²) in [6, 6.07) is 3.63. The van der Waals surface area contributed by atoms with Gasteiger partial charge < -0.3 is 9.64 Å². The van der Waals surface area contributed by atoms with Crippen molar-refractivity contribution in [2.24, 2.45) is 5.92 Å². The van der Waals surface area contributed by atoms with Crippen molar-refractivity contribution < 1.29 is 9.53 Å². The Morgan fingerprint density at radius 3 is 2.81 bits per heavy atom. The van der Waals surface area contributed by atoms with E-state index >= 15 is 0 Å². The molecule has 1 saturated heterocycles. The zero-order valence-electron chi connectivity index (χ0n) is 12.4. The summed E-state index contributed by atoms with van der Waals surface area (Å²) >= 11 is 0. The molecule has 0 aromatic carbocycles. The maximum atomic E-state index is 12.6. The molecule has 5 heteroatoms. The number of rotatable bonds is 3. The highest BCUT2D eigenvalue weighted by atomic mass is 16.5. The zero-order chi connectivity index (χ0) is 14.5. The van der Waals surface area contributed by atoms with E-state index in [-0.39, 0.29) is 12.0 Å². The lowest BCUT2D eigenvalue weighted by molar-refractivity contribution is -0.139. The van der Waals surface area contributed by atoms with Crippen LogP contribution in [0.3, 0.4) is 0 Å². The highest BCUT2D eigenvalue weighted by Crippen LogP contribution is 2.27. The highest BCUT2D eigenvalue weighted by molar-refractivity contribution is 5.79. The molecule has 0 N–H and O–H groups in total. The molecule has 114 valence electrons. The SMILES string of the molecule is O=C(C1CCCCC1)N1CCCC(Oc2cccnn2)C1. The highest BCUT2D eigenvalue weighted by Gasteiger charge is 2.30. The largest absolute Gasteiger partial charge is 0.471 e. The van der Waals surface area contributed by atoms with Crippen LogP contribution in [-0.4, -0.2) is 40.2 Å². The van der Waals surface area contributed by atoms with Crippen molar-refractivity contribution in [2.75, 3.05) is 13.1 Å². The fraction of sp³-hybridized carbons (Fsp3) is 0.688. The van der Waals surface area contributed by atoms with Gasteiger partial charge in [-0.05, 0) is 31.7 Å². The minimum atomic E-state index is 0.0444. The van der Waals surface area contributed by atoms with Gasteiger partial charge in [-0.3, -0.25) is 4.79 Å². The molecule has 1 aliphatic heterocycles. The van der Waals surface area contributed by atoms with E-state index in [0.29, 0.717) is 18.3 Å². The summed E-state index contributed by atoms with van der Waals surface area (Å²) in [5, 5.41) is 7.78. The first-order valence-corrected chi connectivity index (χ1v) is 8.06. The Bertz CT molecular complexity index is 460. The molecule has 1 amide bonds. The molecule has 2 fully saturated rings. The van der Waals surface area contributed by atoms with Gasteiger partial charge in [-0.1, -0.05) is 19.3 Å². The fourth-order valence-corrected chi connectivity index (χ4v) is 3.36. The van der Waals surface area contributed by atoms with Crippen molar-refractivity contribution in [3.63, 3.8) is 0 Å². The number of carbonyl (C=O) groups is 1. The van der Waals surface area contributed by atoms with E-state index in [2.05, 4.69) is 10.2 Å². The van der Waals surface area contributed by atoms with Gasteiger partial charge in [-0.15, -0.1) is 5.10 Å². The topological polar surface area (TPSA) is 55.3 Å². The van der Waals surface area contributed by atoms with E-state index in [1.807, 2.05) is 17.0 Å². The zero-order valence-corrected chi connectivity index (χ0v) is 12.4. The van der Waals surface area contributed by atoms with Crippen LogP contribution in [0.4, 0.5) is 0 Å². The second-order valence-electron chi connectivity index (χ2n) is 6.06. The van der Waals surface area contributed by atoms with Gasteiger partial charge in [0.25, 0.3) is 0 Å². The van der Waals surface area contributed by atoms with Crippen LogP contribution in [0.1, 0.15) is 44.9 Å². The van der Waals surface area contributed by atoms with Crippen LogP contribution in [0.25, 0.3) is 0 Å². The van der Waals surface area contributed by atoms with E-state index in [4.69, 9.17) is 4.74 Å². The van der Waals surface area contributed by atoms with Crippen molar-refractivity contribution >= 4 is 5.91 Å². The molecule has 1 aromatic heterocycles. The van der Waals surface area contributed by atoms with Gasteiger partial charge >= 0.3 is 0 Å². The summed E-state index contributed by atoms with van der Waals surface area (Å²) in [6.45, 7) is 1.56. The van der Waals surface area contributed by atoms with Gasteiger partial charge in [0.2, 0.25) is 11.8 Å². The lowest BCUT2D eigenvalue weighted by Crippen LogP contribution is -2.47. The summed E-state index contributed by atoms with van der Waals surface area (Å²) in [6.07, 6.45) is 9.45. The Labute approximate surface area is 125 Å². The third kappa shape index (κ3) is 3.71. The lowest BCUT2D eigenvalue weighted by Gasteiger charge is -2.35. The third-order valence-corrected chi connectivity index (χ3v) is 4.48. The second kappa shape index (κ2) is 6.87. The maximum Gasteiger partial charge on any atom is 0.233 e. The van der Waals surface area contributed by atoms with Gasteiger partial charge in [0.05, 0.1) is 6.54 Å². The Morgan fingerprint density at radius 2 is 2.05 bits per heavy atom. The number of amides is 1. The molecule has 0 bridgehead atoms. The van der Waals surface area contributed by atoms with Gasteiger partial charge in [0.1, 0.15) is 6.10 Å². The van der Waals surface area contributed by atoms with Crippen molar-refractivity contribution in [3.8, 4) is 5.88 Å². The van der Waals surface area contributed by atoms with Gasteiger partial charge in [-0.2, -0.15) is 5.10 Å². The Morgan fingerprint density at radius 1 is 1.19 bits per heavy atom. The van der Waals surface area contributed by atoms with Gasteiger partial charge in [0, 0.05) is 24.7 Å². The first-order valence-electron chi connectivity index (χ1n) is 8.06.